The van der Waals surface area contributed by atoms with Gasteiger partial charge in [-0.25, -0.2) is 0 Å². The Kier molecular flexibility index (Phi) is 27.1. The van der Waals surface area contributed by atoms with E-state index in [4.69, 9.17) is 0 Å². The summed E-state index contributed by atoms with van der Waals surface area (Å²) in [5.41, 5.74) is 0. The second-order valence-corrected chi connectivity index (χ2v) is 9.77. The third-order valence-corrected chi connectivity index (χ3v) is 6.55. The number of unbranched alkanes of at least 4 members (excludes halogenated alkanes) is 18. The fourth-order valence-electron chi connectivity index (χ4n) is 4.54. The van der Waals surface area contributed by atoms with Gasteiger partial charge in [0.05, 0.1) is 26.3 Å². The van der Waals surface area contributed by atoms with Crippen LogP contribution in [0.1, 0.15) is 149 Å². The fraction of sp³-hybridized carbons (Fsp3) is 0.929. The van der Waals surface area contributed by atoms with Gasteiger partial charge in [0.15, 0.2) is 0 Å². The van der Waals surface area contributed by atoms with E-state index in [1.807, 2.05) is 0 Å². The monoisotopic (exact) mass is 443 g/mol. The number of nitrogens with zero attached hydrogens (tertiary/aromatic N) is 1. The second kappa shape index (κ2) is 25.3. The van der Waals surface area contributed by atoms with E-state index in [0.29, 0.717) is 0 Å². The van der Waals surface area contributed by atoms with Crippen LogP contribution >= 0.6 is 0 Å². The Labute approximate surface area is 198 Å². The molecule has 30 heavy (non-hydrogen) atoms. The number of halogens is 1. The van der Waals surface area contributed by atoms with Gasteiger partial charge >= 0.3 is 0 Å². The summed E-state index contributed by atoms with van der Waals surface area (Å²) < 4.78 is 1.16. The first-order valence-corrected chi connectivity index (χ1v) is 13.7. The molecule has 0 saturated heterocycles. The minimum absolute atomic E-state index is 0. The van der Waals surface area contributed by atoms with Crippen LogP contribution in [0, 0.1) is 0 Å². The minimum atomic E-state index is 0. The maximum absolute atomic E-state index is 2.45. The van der Waals surface area contributed by atoms with Crippen molar-refractivity contribution in [2.75, 3.05) is 20.1 Å². The zero-order valence-electron chi connectivity index (χ0n) is 21.5. The third-order valence-electron chi connectivity index (χ3n) is 6.55. The topological polar surface area (TPSA) is 0 Å². The van der Waals surface area contributed by atoms with Crippen LogP contribution in [0.15, 0.2) is 12.3 Å². The molecule has 0 rings (SSSR count). The summed E-state index contributed by atoms with van der Waals surface area (Å²) in [6, 6.07) is 0. The van der Waals surface area contributed by atoms with Gasteiger partial charge < -0.3 is 12.4 Å². The fourth-order valence-corrected chi connectivity index (χ4v) is 4.54. The molecule has 0 aromatic heterocycles. The summed E-state index contributed by atoms with van der Waals surface area (Å²) in [7, 11) is 2.45. The molecule has 0 aliphatic rings. The van der Waals surface area contributed by atoms with Crippen molar-refractivity contribution in [3.05, 3.63) is 12.3 Å². The molecule has 0 aliphatic heterocycles. The molecule has 0 aliphatic carbocycles. The van der Waals surface area contributed by atoms with Crippen LogP contribution in [0.4, 0.5) is 0 Å². The molecule has 0 amide bonds. The number of hydrogen-bond acceptors (Lipinski definition) is 0. The first kappa shape index (κ1) is 32.2. The van der Waals surface area contributed by atoms with Gasteiger partial charge in [-0.3, -0.25) is 4.48 Å². The average Bonchev–Trinajstić information content (AvgIpc) is 2.71. The second-order valence-electron chi connectivity index (χ2n) is 9.77. The molecule has 0 aromatic rings. The van der Waals surface area contributed by atoms with Gasteiger partial charge in [0, 0.05) is 0 Å². The van der Waals surface area contributed by atoms with Gasteiger partial charge in [0.1, 0.15) is 0 Å². The maximum atomic E-state index is 2.45. The average molecular weight is 444 g/mol. The molecular weight excluding hydrogens is 386 g/mol. The number of hydrogen-bond donors (Lipinski definition) is 0. The highest BCUT2D eigenvalue weighted by atomic mass is 35.5. The van der Waals surface area contributed by atoms with E-state index < -0.39 is 0 Å². The smallest absolute Gasteiger partial charge is 0.0913 e. The van der Waals surface area contributed by atoms with Crippen LogP contribution in [-0.2, 0) is 0 Å². The molecule has 0 N–H and O–H groups in total. The molecule has 1 nitrogen and oxygen atoms in total. The van der Waals surface area contributed by atoms with E-state index in [2.05, 4.69) is 40.1 Å². The lowest BCUT2D eigenvalue weighted by atomic mass is 10.1. The van der Waals surface area contributed by atoms with Gasteiger partial charge in [-0.2, -0.15) is 0 Å². The van der Waals surface area contributed by atoms with Gasteiger partial charge in [0.2, 0.25) is 0 Å². The third kappa shape index (κ3) is 22.7. The van der Waals surface area contributed by atoms with E-state index in [9.17, 15) is 0 Å². The summed E-state index contributed by atoms with van der Waals surface area (Å²) in [5.74, 6) is 0. The highest BCUT2D eigenvalue weighted by Gasteiger charge is 2.17. The SMILES string of the molecule is CC=C[N+](C)(CCCCCCCCCCCC)CCCCCCCCCCCC.[Cl-]. The van der Waals surface area contributed by atoms with Crippen LogP contribution in [0.5, 0.6) is 0 Å². The molecule has 0 heterocycles. The van der Waals surface area contributed by atoms with Crippen LogP contribution in [-0.4, -0.2) is 24.6 Å². The summed E-state index contributed by atoms with van der Waals surface area (Å²) in [6.45, 7) is 9.46. The van der Waals surface area contributed by atoms with Gasteiger partial charge in [-0.1, -0.05) is 117 Å². The Morgan fingerprint density at radius 3 is 1.00 bits per heavy atom. The zero-order valence-corrected chi connectivity index (χ0v) is 22.3. The predicted molar refractivity (Wildman–Crippen MR) is 134 cm³/mol. The van der Waals surface area contributed by atoms with Crippen LogP contribution < -0.4 is 12.4 Å². The molecule has 0 saturated carbocycles. The summed E-state index contributed by atoms with van der Waals surface area (Å²) in [6.07, 6.45) is 33.4. The highest BCUT2D eigenvalue weighted by Crippen LogP contribution is 2.16. The Bertz CT molecular complexity index is 316. The first-order chi connectivity index (χ1) is 14.2. The molecule has 0 radical (unpaired) electrons. The first-order valence-electron chi connectivity index (χ1n) is 13.7. The molecule has 0 atom stereocenters. The van der Waals surface area contributed by atoms with Crippen molar-refractivity contribution < 1.29 is 16.9 Å². The quantitative estimate of drug-likeness (QED) is 0.120. The van der Waals surface area contributed by atoms with E-state index in [1.165, 1.54) is 142 Å². The minimum Gasteiger partial charge on any atom is -1.00 e. The molecule has 0 spiro atoms. The van der Waals surface area contributed by atoms with Crippen molar-refractivity contribution in [2.45, 2.75) is 149 Å². The summed E-state index contributed by atoms with van der Waals surface area (Å²) in [4.78, 5) is 0. The Balaban J connectivity index is 0. The molecule has 0 unspecified atom stereocenters. The zero-order chi connectivity index (χ0) is 21.5. The van der Waals surface area contributed by atoms with Gasteiger partial charge in [0.25, 0.3) is 0 Å². The normalized spacial score (nSPS) is 11.9. The van der Waals surface area contributed by atoms with Crippen molar-refractivity contribution in [3.8, 4) is 0 Å². The van der Waals surface area contributed by atoms with Crippen LogP contribution in [0.3, 0.4) is 0 Å². The standard InChI is InChI=1S/C28H58N.ClH/c1-5-8-10-12-14-16-18-20-22-24-27-29(4,26-7-3)28-25-23-21-19-17-15-13-11-9-6-2;/h7,26H,5-6,8-25,27-28H2,1-4H3;1H/q+1;/p-1. The largest absolute Gasteiger partial charge is 1.00 e. The molecule has 182 valence electrons. The van der Waals surface area contributed by atoms with Crippen molar-refractivity contribution in [2.24, 2.45) is 0 Å². The molecule has 2 heteroatoms. The number of quaternary nitrogens is 1. The molecular formula is C28H58ClN. The lowest BCUT2D eigenvalue weighted by molar-refractivity contribution is -0.860. The van der Waals surface area contributed by atoms with Crippen molar-refractivity contribution in [1.29, 1.82) is 0 Å². The van der Waals surface area contributed by atoms with Crippen molar-refractivity contribution in [3.63, 3.8) is 0 Å². The van der Waals surface area contributed by atoms with Crippen molar-refractivity contribution >= 4 is 0 Å². The Hall–Kier alpha value is -0.0100. The van der Waals surface area contributed by atoms with Gasteiger partial charge in [-0.15, -0.1) is 0 Å². The van der Waals surface area contributed by atoms with Crippen molar-refractivity contribution in [1.82, 2.24) is 0 Å². The summed E-state index contributed by atoms with van der Waals surface area (Å²) in [5, 5.41) is 0. The van der Waals surface area contributed by atoms with Gasteiger partial charge in [-0.05, 0) is 38.7 Å². The Morgan fingerprint density at radius 2 is 0.733 bits per heavy atom. The highest BCUT2D eigenvalue weighted by molar-refractivity contribution is 4.68. The summed E-state index contributed by atoms with van der Waals surface area (Å²) >= 11 is 0. The van der Waals surface area contributed by atoms with E-state index in [1.54, 1.807) is 0 Å². The van der Waals surface area contributed by atoms with E-state index in [0.717, 1.165) is 4.48 Å². The lowest BCUT2D eigenvalue weighted by Gasteiger charge is -2.30. The molecule has 0 aromatic carbocycles. The lowest BCUT2D eigenvalue weighted by Crippen LogP contribution is -3.00. The predicted octanol–water partition coefficient (Wildman–Crippen LogP) is 6.81. The number of rotatable bonds is 23. The van der Waals surface area contributed by atoms with Crippen LogP contribution in [0.25, 0.3) is 0 Å². The molecule has 0 fully saturated rings. The van der Waals surface area contributed by atoms with E-state index >= 15 is 0 Å². The molecule has 0 bridgehead atoms. The maximum Gasteiger partial charge on any atom is 0.0913 e. The number of allylic oxidation sites excluding steroid dienone is 1. The Morgan fingerprint density at radius 1 is 0.467 bits per heavy atom. The van der Waals surface area contributed by atoms with E-state index in [-0.39, 0.29) is 12.4 Å². The van der Waals surface area contributed by atoms with Crippen LogP contribution in [0.2, 0.25) is 0 Å².